The number of nitrogens with zero attached hydrogens (tertiary/aromatic N) is 3. The number of rotatable bonds is 6. The zero-order valence-electron chi connectivity index (χ0n) is 13.7. The van der Waals surface area contributed by atoms with Gasteiger partial charge in [0.05, 0.1) is 5.25 Å². The summed E-state index contributed by atoms with van der Waals surface area (Å²) in [5.74, 6) is -0.547. The van der Waals surface area contributed by atoms with Gasteiger partial charge in [-0.2, -0.15) is 0 Å². The number of para-hydroxylation sites is 1. The number of nitrogens with one attached hydrogen (secondary N) is 1. The molecule has 2 aliphatic carbocycles. The van der Waals surface area contributed by atoms with Crippen molar-refractivity contribution in [3.63, 3.8) is 0 Å². The molecule has 5 nitrogen and oxygen atoms in total. The predicted octanol–water partition coefficient (Wildman–Crippen LogP) is 3.89. The summed E-state index contributed by atoms with van der Waals surface area (Å²) in [5.41, 5.74) is -0.415. The normalized spacial score (nSPS) is 18.2. The maximum Gasteiger partial charge on any atom is 0.237 e. The second-order valence-electron chi connectivity index (χ2n) is 6.56. The minimum atomic E-state index is -0.789. The topological polar surface area (TPSA) is 59.8 Å². The lowest BCUT2D eigenvalue weighted by Crippen LogP contribution is -2.24. The minimum absolute atomic E-state index is 0.415. The van der Waals surface area contributed by atoms with E-state index in [1.54, 1.807) is 6.92 Å². The Morgan fingerprint density at radius 1 is 1.24 bits per heavy atom. The summed E-state index contributed by atoms with van der Waals surface area (Å²) in [6, 6.07) is 3.91. The molecule has 2 fully saturated rings. The van der Waals surface area contributed by atoms with Gasteiger partial charge in [0.15, 0.2) is 5.16 Å². The van der Waals surface area contributed by atoms with Crippen LogP contribution in [0, 0.1) is 11.6 Å². The smallest absolute Gasteiger partial charge is 0.237 e. The van der Waals surface area contributed by atoms with Gasteiger partial charge in [0.25, 0.3) is 0 Å². The molecule has 1 aromatic carbocycles. The first-order valence-electron chi connectivity index (χ1n) is 8.41. The standard InChI is InChI=1S/C17H18F2N4OS/c1-9(16(24)20-14-12(18)3-2-4-13(14)19)25-17-22-21-15(10-5-6-10)23(17)11-7-8-11/h2-4,9-11H,5-8H2,1H3,(H,20,24)/t9-/m1/s1. The van der Waals surface area contributed by atoms with Gasteiger partial charge in [-0.1, -0.05) is 17.8 Å². The number of carbonyl (C=O) groups excluding carboxylic acids is 1. The van der Waals surface area contributed by atoms with E-state index in [0.717, 1.165) is 43.6 Å². The molecule has 0 bridgehead atoms. The average Bonchev–Trinajstić information content (AvgIpc) is 3.50. The molecule has 0 aliphatic heterocycles. The molecule has 0 unspecified atom stereocenters. The molecular formula is C17H18F2N4OS. The van der Waals surface area contributed by atoms with Crippen LogP contribution in [-0.2, 0) is 4.79 Å². The minimum Gasteiger partial charge on any atom is -0.320 e. The highest BCUT2D eigenvalue weighted by Crippen LogP contribution is 2.46. The van der Waals surface area contributed by atoms with Crippen LogP contribution in [0.15, 0.2) is 23.4 Å². The van der Waals surface area contributed by atoms with E-state index in [1.807, 2.05) is 0 Å². The average molecular weight is 364 g/mol. The quantitative estimate of drug-likeness (QED) is 0.790. The summed E-state index contributed by atoms with van der Waals surface area (Å²) in [4.78, 5) is 12.3. The second-order valence-corrected chi connectivity index (χ2v) is 7.87. The van der Waals surface area contributed by atoms with Crippen LogP contribution < -0.4 is 5.32 Å². The van der Waals surface area contributed by atoms with Crippen LogP contribution in [0.1, 0.15) is 50.4 Å². The monoisotopic (exact) mass is 364 g/mol. The van der Waals surface area contributed by atoms with E-state index < -0.39 is 28.5 Å². The third kappa shape index (κ3) is 3.40. The largest absolute Gasteiger partial charge is 0.320 e. The van der Waals surface area contributed by atoms with Crippen molar-refractivity contribution in [3.05, 3.63) is 35.7 Å². The first kappa shape index (κ1) is 16.5. The molecular weight excluding hydrogens is 346 g/mol. The lowest BCUT2D eigenvalue weighted by atomic mass is 10.3. The van der Waals surface area contributed by atoms with Gasteiger partial charge in [-0.05, 0) is 44.7 Å². The molecule has 1 heterocycles. The lowest BCUT2D eigenvalue weighted by Gasteiger charge is -2.14. The van der Waals surface area contributed by atoms with E-state index in [9.17, 15) is 13.6 Å². The highest BCUT2D eigenvalue weighted by atomic mass is 32.2. The van der Waals surface area contributed by atoms with Crippen molar-refractivity contribution >= 4 is 23.4 Å². The van der Waals surface area contributed by atoms with Crippen molar-refractivity contribution in [1.29, 1.82) is 0 Å². The second kappa shape index (κ2) is 6.40. The van der Waals surface area contributed by atoms with Gasteiger partial charge in [-0.15, -0.1) is 10.2 Å². The fourth-order valence-electron chi connectivity index (χ4n) is 2.72. The summed E-state index contributed by atoms with van der Waals surface area (Å²) in [7, 11) is 0. The molecule has 0 saturated heterocycles. The molecule has 2 saturated carbocycles. The number of thioether (sulfide) groups is 1. The number of anilines is 1. The zero-order valence-corrected chi connectivity index (χ0v) is 14.5. The molecule has 25 heavy (non-hydrogen) atoms. The van der Waals surface area contributed by atoms with E-state index in [1.165, 1.54) is 17.8 Å². The number of halogens is 2. The van der Waals surface area contributed by atoms with Crippen molar-refractivity contribution in [2.75, 3.05) is 5.32 Å². The van der Waals surface area contributed by atoms with Crippen LogP contribution >= 0.6 is 11.8 Å². The van der Waals surface area contributed by atoms with Crippen LogP contribution in [0.3, 0.4) is 0 Å². The van der Waals surface area contributed by atoms with E-state index in [2.05, 4.69) is 20.1 Å². The van der Waals surface area contributed by atoms with Crippen molar-refractivity contribution in [3.8, 4) is 0 Å². The summed E-state index contributed by atoms with van der Waals surface area (Å²) in [6.07, 6.45) is 4.48. The van der Waals surface area contributed by atoms with Crippen LogP contribution in [0.4, 0.5) is 14.5 Å². The molecule has 1 amide bonds. The molecule has 0 radical (unpaired) electrons. The molecule has 132 valence electrons. The highest BCUT2D eigenvalue weighted by Gasteiger charge is 2.37. The van der Waals surface area contributed by atoms with Crippen LogP contribution in [0.25, 0.3) is 0 Å². The molecule has 1 N–H and O–H groups in total. The number of hydrogen-bond donors (Lipinski definition) is 1. The van der Waals surface area contributed by atoms with Crippen LogP contribution in [-0.4, -0.2) is 25.9 Å². The predicted molar refractivity (Wildman–Crippen MR) is 90.6 cm³/mol. The van der Waals surface area contributed by atoms with Gasteiger partial charge in [-0.3, -0.25) is 4.79 Å². The number of amides is 1. The highest BCUT2D eigenvalue weighted by molar-refractivity contribution is 8.00. The maximum atomic E-state index is 13.7. The fraction of sp³-hybridized carbons (Fsp3) is 0.471. The summed E-state index contributed by atoms with van der Waals surface area (Å²) in [5, 5.41) is 11.1. The lowest BCUT2D eigenvalue weighted by molar-refractivity contribution is -0.115. The van der Waals surface area contributed by atoms with E-state index in [0.29, 0.717) is 17.1 Å². The number of hydrogen-bond acceptors (Lipinski definition) is 4. The number of aromatic nitrogens is 3. The maximum absolute atomic E-state index is 13.7. The Morgan fingerprint density at radius 2 is 1.92 bits per heavy atom. The number of carbonyl (C=O) groups is 1. The molecule has 1 aromatic heterocycles. The first-order chi connectivity index (χ1) is 12.0. The molecule has 1 atom stereocenters. The van der Waals surface area contributed by atoms with Gasteiger partial charge in [0.2, 0.25) is 5.91 Å². The van der Waals surface area contributed by atoms with E-state index in [-0.39, 0.29) is 0 Å². The third-order valence-electron chi connectivity index (χ3n) is 4.41. The van der Waals surface area contributed by atoms with Crippen molar-refractivity contribution in [2.45, 2.75) is 55.0 Å². The number of benzene rings is 1. The zero-order chi connectivity index (χ0) is 17.6. The van der Waals surface area contributed by atoms with Crippen LogP contribution in [0.2, 0.25) is 0 Å². The van der Waals surface area contributed by atoms with Crippen LogP contribution in [0.5, 0.6) is 0 Å². The van der Waals surface area contributed by atoms with Crippen molar-refractivity contribution in [1.82, 2.24) is 14.8 Å². The Morgan fingerprint density at radius 3 is 2.52 bits per heavy atom. The molecule has 4 rings (SSSR count). The molecule has 8 heteroatoms. The van der Waals surface area contributed by atoms with Gasteiger partial charge < -0.3 is 9.88 Å². The third-order valence-corrected chi connectivity index (χ3v) is 5.46. The summed E-state index contributed by atoms with van der Waals surface area (Å²) in [6.45, 7) is 1.70. The molecule has 0 spiro atoms. The first-order valence-corrected chi connectivity index (χ1v) is 9.29. The summed E-state index contributed by atoms with van der Waals surface area (Å²) >= 11 is 1.28. The van der Waals surface area contributed by atoms with Gasteiger partial charge in [-0.25, -0.2) is 8.78 Å². The Hall–Kier alpha value is -1.96. The van der Waals surface area contributed by atoms with E-state index in [4.69, 9.17) is 0 Å². The Balaban J connectivity index is 1.48. The van der Waals surface area contributed by atoms with Gasteiger partial charge in [0.1, 0.15) is 23.1 Å². The Bertz CT molecular complexity index is 797. The van der Waals surface area contributed by atoms with Gasteiger partial charge >= 0.3 is 0 Å². The molecule has 2 aromatic rings. The fourth-order valence-corrected chi connectivity index (χ4v) is 3.64. The van der Waals surface area contributed by atoms with Crippen molar-refractivity contribution in [2.24, 2.45) is 0 Å². The molecule has 2 aliphatic rings. The Kier molecular flexibility index (Phi) is 4.23. The van der Waals surface area contributed by atoms with Gasteiger partial charge in [0, 0.05) is 12.0 Å². The summed E-state index contributed by atoms with van der Waals surface area (Å²) < 4.78 is 29.5. The van der Waals surface area contributed by atoms with Crippen molar-refractivity contribution < 1.29 is 13.6 Å². The SMILES string of the molecule is C[C@@H](Sc1nnc(C2CC2)n1C1CC1)C(=O)Nc1c(F)cccc1F. The van der Waals surface area contributed by atoms with E-state index >= 15 is 0 Å². The Labute approximate surface area is 148 Å².